The van der Waals surface area contributed by atoms with E-state index in [4.69, 9.17) is 5.73 Å². The Morgan fingerprint density at radius 1 is 1.15 bits per heavy atom. The number of nitrogens with one attached hydrogen (secondary N) is 2. The van der Waals surface area contributed by atoms with Gasteiger partial charge >= 0.3 is 0 Å². The summed E-state index contributed by atoms with van der Waals surface area (Å²) in [6.45, 7) is 3.78. The van der Waals surface area contributed by atoms with Crippen molar-refractivity contribution in [1.82, 2.24) is 15.2 Å². The molecular weight excluding hydrogens is 430 g/mol. The predicted octanol–water partition coefficient (Wildman–Crippen LogP) is 4.72. The third kappa shape index (κ3) is 4.79. The van der Waals surface area contributed by atoms with Crippen LogP contribution >= 0.6 is 11.3 Å². The highest BCUT2D eigenvalue weighted by atomic mass is 32.1. The number of thiophene rings is 1. The van der Waals surface area contributed by atoms with E-state index in [9.17, 15) is 4.79 Å². The zero-order chi connectivity index (χ0) is 22.8. The number of likely N-dealkylation sites (tertiary alicyclic amines) is 1. The second-order valence-corrected chi connectivity index (χ2v) is 9.97. The van der Waals surface area contributed by atoms with E-state index in [1.807, 2.05) is 30.3 Å². The zero-order valence-electron chi connectivity index (χ0n) is 18.8. The van der Waals surface area contributed by atoms with Gasteiger partial charge in [0.15, 0.2) is 0 Å². The van der Waals surface area contributed by atoms with Gasteiger partial charge in [-0.25, -0.2) is 4.98 Å². The molecule has 3 heterocycles. The lowest BCUT2D eigenvalue weighted by Gasteiger charge is -2.29. The number of piperidine rings is 1. The average molecular weight is 460 g/mol. The van der Waals surface area contributed by atoms with Crippen molar-refractivity contribution in [2.75, 3.05) is 37.7 Å². The number of rotatable bonds is 6. The lowest BCUT2D eigenvalue weighted by molar-refractivity contribution is 0.0955. The highest BCUT2D eigenvalue weighted by molar-refractivity contribution is 7.20. The molecule has 6 nitrogen and oxygen atoms in total. The second kappa shape index (κ2) is 9.37. The van der Waals surface area contributed by atoms with Gasteiger partial charge in [0.25, 0.3) is 5.91 Å². The summed E-state index contributed by atoms with van der Waals surface area (Å²) in [5.74, 6) is 1.17. The largest absolute Gasteiger partial charge is 0.384 e. The summed E-state index contributed by atoms with van der Waals surface area (Å²) in [4.78, 5) is 20.1. The number of benzene rings is 2. The number of hydrogen-bond acceptors (Lipinski definition) is 6. The van der Waals surface area contributed by atoms with Crippen LogP contribution in [0.3, 0.4) is 0 Å². The maximum absolute atomic E-state index is 12.9. The van der Waals surface area contributed by atoms with Crippen LogP contribution in [0.2, 0.25) is 0 Å². The number of hydrogen-bond donors (Lipinski definition) is 3. The van der Waals surface area contributed by atoms with Crippen LogP contribution in [0, 0.1) is 5.92 Å². The van der Waals surface area contributed by atoms with Crippen molar-refractivity contribution in [3.05, 3.63) is 65.2 Å². The smallest absolute Gasteiger partial charge is 0.261 e. The number of pyridine rings is 1. The first-order valence-corrected chi connectivity index (χ1v) is 12.2. The molecule has 33 heavy (non-hydrogen) atoms. The number of nitrogens with two attached hydrogens (primary N) is 1. The Bertz CT molecular complexity index is 1290. The van der Waals surface area contributed by atoms with Gasteiger partial charge in [-0.1, -0.05) is 18.2 Å². The van der Waals surface area contributed by atoms with E-state index in [-0.39, 0.29) is 5.91 Å². The van der Waals surface area contributed by atoms with Gasteiger partial charge in [0, 0.05) is 40.4 Å². The minimum absolute atomic E-state index is 0.0493. The number of nitrogens with zero attached hydrogens (tertiary/aromatic N) is 2. The first kappa shape index (κ1) is 21.7. The van der Waals surface area contributed by atoms with Crippen LogP contribution in [0.25, 0.3) is 20.9 Å². The number of carbonyl (C=O) groups excluding carboxylic acids is 1. The van der Waals surface area contributed by atoms with Crippen molar-refractivity contribution in [2.45, 2.75) is 19.4 Å². The second-order valence-electron chi connectivity index (χ2n) is 8.89. The Morgan fingerprint density at radius 3 is 2.85 bits per heavy atom. The number of aromatic nitrogens is 1. The van der Waals surface area contributed by atoms with E-state index in [1.54, 1.807) is 6.20 Å². The summed E-state index contributed by atoms with van der Waals surface area (Å²) in [6.07, 6.45) is 4.17. The minimum atomic E-state index is -0.0493. The Kier molecular flexibility index (Phi) is 6.15. The molecule has 4 N–H and O–H groups in total. The molecule has 0 atom stereocenters. The molecule has 0 unspecified atom stereocenters. The van der Waals surface area contributed by atoms with Crippen LogP contribution in [-0.4, -0.2) is 42.5 Å². The molecule has 1 aliphatic rings. The van der Waals surface area contributed by atoms with Gasteiger partial charge in [0.1, 0.15) is 5.82 Å². The molecule has 0 bridgehead atoms. The Morgan fingerprint density at radius 2 is 2.00 bits per heavy atom. The van der Waals surface area contributed by atoms with Crippen LogP contribution in [0.15, 0.2) is 54.7 Å². The summed E-state index contributed by atoms with van der Waals surface area (Å²) in [6, 6.07) is 16.2. The number of amides is 1. The summed E-state index contributed by atoms with van der Waals surface area (Å²) < 4.78 is 1.13. The predicted molar refractivity (Wildman–Crippen MR) is 138 cm³/mol. The van der Waals surface area contributed by atoms with Gasteiger partial charge in [-0.15, -0.1) is 11.3 Å². The topological polar surface area (TPSA) is 83.3 Å². The maximum Gasteiger partial charge on any atom is 0.261 e. The van der Waals surface area contributed by atoms with Crippen molar-refractivity contribution in [1.29, 1.82) is 0 Å². The number of carbonyl (C=O) groups is 1. The van der Waals surface area contributed by atoms with E-state index >= 15 is 0 Å². The van der Waals surface area contributed by atoms with Gasteiger partial charge in [0.2, 0.25) is 0 Å². The lowest BCUT2D eigenvalue weighted by Crippen LogP contribution is -2.32. The Hall–Kier alpha value is -3.16. The van der Waals surface area contributed by atoms with Crippen molar-refractivity contribution in [2.24, 2.45) is 5.92 Å². The normalized spacial score (nSPS) is 15.2. The van der Waals surface area contributed by atoms with E-state index in [0.717, 1.165) is 43.5 Å². The van der Waals surface area contributed by atoms with Crippen molar-refractivity contribution >= 4 is 49.6 Å². The highest BCUT2D eigenvalue weighted by Gasteiger charge is 2.17. The van der Waals surface area contributed by atoms with E-state index in [0.29, 0.717) is 18.3 Å². The molecule has 1 amide bonds. The lowest BCUT2D eigenvalue weighted by atomic mass is 9.97. The molecule has 2 aromatic heterocycles. The number of anilines is 2. The molecule has 0 spiro atoms. The Balaban J connectivity index is 1.26. The molecule has 170 valence electrons. The van der Waals surface area contributed by atoms with E-state index < -0.39 is 0 Å². The molecule has 4 aromatic rings. The third-order valence-electron chi connectivity index (χ3n) is 6.52. The minimum Gasteiger partial charge on any atom is -0.384 e. The molecule has 1 aliphatic heterocycles. The Labute approximate surface area is 197 Å². The average Bonchev–Trinajstić information content (AvgIpc) is 3.27. The van der Waals surface area contributed by atoms with Crippen LogP contribution in [-0.2, 0) is 6.54 Å². The molecule has 1 saturated heterocycles. The fourth-order valence-electron chi connectivity index (χ4n) is 4.48. The summed E-state index contributed by atoms with van der Waals surface area (Å²) in [7, 11) is 2.19. The number of nitrogen functional groups attached to an aromatic ring is 1. The summed E-state index contributed by atoms with van der Waals surface area (Å²) in [5, 5.41) is 9.78. The van der Waals surface area contributed by atoms with Crippen LogP contribution in [0.1, 0.15) is 28.1 Å². The van der Waals surface area contributed by atoms with Gasteiger partial charge < -0.3 is 21.3 Å². The van der Waals surface area contributed by atoms with Crippen molar-refractivity contribution in [3.63, 3.8) is 0 Å². The van der Waals surface area contributed by atoms with Crippen molar-refractivity contribution < 1.29 is 4.79 Å². The quantitative estimate of drug-likeness (QED) is 0.389. The monoisotopic (exact) mass is 459 g/mol. The van der Waals surface area contributed by atoms with Gasteiger partial charge in [-0.2, -0.15) is 0 Å². The maximum atomic E-state index is 12.9. The first-order chi connectivity index (χ1) is 16.1. The standard InChI is InChI=1S/C26H29N5OS/c1-31-11-8-17(9-12-31)15-29-22-3-2-4-23-21(22)14-24(33-23)26(32)30-16-18-5-6-20-19(13-18)7-10-28-25(20)27/h2-7,10,13-14,17,29H,8-9,11-12,15-16H2,1H3,(H2,27,28)(H,30,32). The SMILES string of the molecule is CN1CCC(CNc2cccc3sc(C(=O)NCc4ccc5c(N)nccc5c4)cc23)CC1. The van der Waals surface area contributed by atoms with E-state index in [1.165, 1.54) is 37.3 Å². The molecule has 0 aliphatic carbocycles. The summed E-state index contributed by atoms with van der Waals surface area (Å²) >= 11 is 1.54. The molecule has 0 saturated carbocycles. The van der Waals surface area contributed by atoms with Crippen LogP contribution < -0.4 is 16.4 Å². The summed E-state index contributed by atoms with van der Waals surface area (Å²) in [5.41, 5.74) is 8.08. The van der Waals surface area contributed by atoms with Gasteiger partial charge in [-0.3, -0.25) is 4.79 Å². The zero-order valence-corrected chi connectivity index (χ0v) is 19.6. The fraction of sp³-hybridized carbons (Fsp3) is 0.308. The van der Waals surface area contributed by atoms with Gasteiger partial charge in [0.05, 0.1) is 4.88 Å². The molecule has 5 rings (SSSR count). The molecule has 2 aromatic carbocycles. The van der Waals surface area contributed by atoms with Gasteiger partial charge in [-0.05, 0) is 80.2 Å². The van der Waals surface area contributed by atoms with E-state index in [2.05, 4.69) is 45.8 Å². The first-order valence-electron chi connectivity index (χ1n) is 11.4. The molecular formula is C26H29N5OS. The molecule has 7 heteroatoms. The van der Waals surface area contributed by atoms with Crippen LogP contribution in [0.4, 0.5) is 11.5 Å². The van der Waals surface area contributed by atoms with Crippen molar-refractivity contribution in [3.8, 4) is 0 Å². The van der Waals surface area contributed by atoms with Crippen LogP contribution in [0.5, 0.6) is 0 Å². The number of fused-ring (bicyclic) bond motifs is 2. The highest BCUT2D eigenvalue weighted by Crippen LogP contribution is 2.32. The third-order valence-corrected chi connectivity index (χ3v) is 7.62. The fourth-order valence-corrected chi connectivity index (χ4v) is 5.48. The molecule has 0 radical (unpaired) electrons. The molecule has 1 fully saturated rings.